The van der Waals surface area contributed by atoms with E-state index in [0.717, 1.165) is 49.9 Å². The molecular formula is C22H25ClN4S2. The molecule has 0 saturated heterocycles. The van der Waals surface area contributed by atoms with E-state index in [0.29, 0.717) is 6.04 Å². The average Bonchev–Trinajstić information content (AvgIpc) is 3.33. The summed E-state index contributed by atoms with van der Waals surface area (Å²) >= 11 is 9.52. The SMILES string of the molecule is CCCCC1CSC(Nc2ccc(CCNc3nc4ccc(Cl)cc4s3)cc2)=N1. The number of unbranched alkanes of at least 4 members (excludes halogenated alkanes) is 1. The topological polar surface area (TPSA) is 49.3 Å². The fraction of sp³-hybridized carbons (Fsp3) is 0.364. The third kappa shape index (κ3) is 5.65. The largest absolute Gasteiger partial charge is 0.361 e. The van der Waals surface area contributed by atoms with E-state index in [1.54, 1.807) is 11.3 Å². The van der Waals surface area contributed by atoms with Crippen molar-refractivity contribution < 1.29 is 0 Å². The first-order chi connectivity index (χ1) is 14.2. The van der Waals surface area contributed by atoms with Crippen LogP contribution < -0.4 is 10.6 Å². The van der Waals surface area contributed by atoms with E-state index in [2.05, 4.69) is 46.8 Å². The van der Waals surface area contributed by atoms with Crippen LogP contribution in [-0.4, -0.2) is 28.5 Å². The molecular weight excluding hydrogens is 420 g/mol. The molecule has 0 saturated carbocycles. The Hall–Kier alpha value is -1.76. The molecule has 1 atom stereocenters. The Morgan fingerprint density at radius 3 is 2.86 bits per heavy atom. The van der Waals surface area contributed by atoms with Gasteiger partial charge in [-0.25, -0.2) is 4.98 Å². The molecule has 3 aromatic rings. The summed E-state index contributed by atoms with van der Waals surface area (Å²) in [6, 6.07) is 14.9. The number of aromatic nitrogens is 1. The number of amidine groups is 1. The van der Waals surface area contributed by atoms with Crippen molar-refractivity contribution in [3.63, 3.8) is 0 Å². The average molecular weight is 445 g/mol. The number of aliphatic imine (C=N–C) groups is 1. The van der Waals surface area contributed by atoms with E-state index in [4.69, 9.17) is 16.6 Å². The summed E-state index contributed by atoms with van der Waals surface area (Å²) in [7, 11) is 0. The van der Waals surface area contributed by atoms with Crippen LogP contribution in [0.2, 0.25) is 5.02 Å². The van der Waals surface area contributed by atoms with Gasteiger partial charge in [0.1, 0.15) is 0 Å². The summed E-state index contributed by atoms with van der Waals surface area (Å²) in [6.45, 7) is 3.08. The molecule has 2 heterocycles. The van der Waals surface area contributed by atoms with Crippen molar-refractivity contribution in [2.75, 3.05) is 22.9 Å². The minimum atomic E-state index is 0.478. The van der Waals surface area contributed by atoms with Crippen molar-refractivity contribution in [2.45, 2.75) is 38.6 Å². The van der Waals surface area contributed by atoms with Gasteiger partial charge in [-0.15, -0.1) is 0 Å². The number of halogens is 1. The summed E-state index contributed by atoms with van der Waals surface area (Å²) in [4.78, 5) is 9.40. The van der Waals surface area contributed by atoms with Crippen LogP contribution in [0.3, 0.4) is 0 Å². The lowest BCUT2D eigenvalue weighted by Crippen LogP contribution is -2.06. The van der Waals surface area contributed by atoms with Gasteiger partial charge in [0, 0.05) is 23.0 Å². The zero-order chi connectivity index (χ0) is 20.1. The second-order valence-electron chi connectivity index (χ2n) is 7.17. The summed E-state index contributed by atoms with van der Waals surface area (Å²) in [5.74, 6) is 1.10. The Balaban J connectivity index is 1.26. The van der Waals surface area contributed by atoms with E-state index in [-0.39, 0.29) is 0 Å². The highest BCUT2D eigenvalue weighted by Crippen LogP contribution is 2.28. The third-order valence-electron chi connectivity index (χ3n) is 4.85. The lowest BCUT2D eigenvalue weighted by atomic mass is 10.1. The number of anilines is 2. The first-order valence-electron chi connectivity index (χ1n) is 10.1. The quantitative estimate of drug-likeness (QED) is 0.407. The van der Waals surface area contributed by atoms with Gasteiger partial charge in [0.05, 0.1) is 16.3 Å². The van der Waals surface area contributed by atoms with E-state index >= 15 is 0 Å². The number of benzene rings is 2. The minimum Gasteiger partial charge on any atom is -0.361 e. The number of nitrogens with one attached hydrogen (secondary N) is 2. The summed E-state index contributed by atoms with van der Waals surface area (Å²) in [5.41, 5.74) is 3.39. The Labute approximate surface area is 185 Å². The molecule has 0 aliphatic carbocycles. The van der Waals surface area contributed by atoms with E-state index in [1.807, 2.05) is 30.0 Å². The Morgan fingerprint density at radius 1 is 1.17 bits per heavy atom. The molecule has 1 unspecified atom stereocenters. The van der Waals surface area contributed by atoms with Crippen LogP contribution >= 0.6 is 34.7 Å². The van der Waals surface area contributed by atoms with E-state index in [9.17, 15) is 0 Å². The second-order valence-corrected chi connectivity index (χ2v) is 9.65. The molecule has 0 bridgehead atoms. The van der Waals surface area contributed by atoms with Crippen molar-refractivity contribution in [1.29, 1.82) is 0 Å². The zero-order valence-corrected chi connectivity index (χ0v) is 18.8. The van der Waals surface area contributed by atoms with Crippen molar-refractivity contribution in [3.8, 4) is 0 Å². The lowest BCUT2D eigenvalue weighted by molar-refractivity contribution is 0.630. The van der Waals surface area contributed by atoms with Crippen LogP contribution in [0.25, 0.3) is 10.2 Å². The predicted octanol–water partition coefficient (Wildman–Crippen LogP) is 6.68. The molecule has 0 spiro atoms. The van der Waals surface area contributed by atoms with Gasteiger partial charge < -0.3 is 10.6 Å². The maximum atomic E-state index is 6.05. The standard InChI is InChI=1S/C22H25ClN4S2/c1-2-3-4-18-14-28-22(26-18)25-17-8-5-15(6-9-17)11-12-24-21-27-19-10-7-16(23)13-20(19)29-21/h5-10,13,18H,2-4,11-12,14H2,1H3,(H,24,27)(H,25,26). The second kappa shape index (κ2) is 9.83. The maximum Gasteiger partial charge on any atom is 0.183 e. The van der Waals surface area contributed by atoms with Crippen LogP contribution in [0, 0.1) is 0 Å². The summed E-state index contributed by atoms with van der Waals surface area (Å²) < 4.78 is 1.11. The molecule has 0 radical (unpaired) electrons. The van der Waals surface area contributed by atoms with E-state index in [1.165, 1.54) is 24.8 Å². The molecule has 1 aromatic heterocycles. The van der Waals surface area contributed by atoms with Gasteiger partial charge in [-0.2, -0.15) is 0 Å². The van der Waals surface area contributed by atoms with Gasteiger partial charge in [-0.1, -0.05) is 66.6 Å². The first kappa shape index (κ1) is 20.5. The third-order valence-corrected chi connectivity index (χ3v) is 7.09. The molecule has 7 heteroatoms. The molecule has 4 rings (SSSR count). The molecule has 2 N–H and O–H groups in total. The van der Waals surface area contributed by atoms with E-state index < -0.39 is 0 Å². The van der Waals surface area contributed by atoms with Crippen LogP contribution in [0.1, 0.15) is 31.7 Å². The monoisotopic (exact) mass is 444 g/mol. The fourth-order valence-corrected chi connectivity index (χ4v) is 5.41. The highest BCUT2D eigenvalue weighted by Gasteiger charge is 2.17. The zero-order valence-electron chi connectivity index (χ0n) is 16.5. The first-order valence-corrected chi connectivity index (χ1v) is 12.2. The number of thioether (sulfide) groups is 1. The van der Waals surface area contributed by atoms with Crippen LogP contribution in [0.15, 0.2) is 47.5 Å². The van der Waals surface area contributed by atoms with Crippen molar-refractivity contribution in [1.82, 2.24) is 4.98 Å². The number of rotatable bonds is 8. The molecule has 2 aromatic carbocycles. The summed E-state index contributed by atoms with van der Waals surface area (Å²) in [5, 5.41) is 9.62. The number of nitrogens with zero attached hydrogens (tertiary/aromatic N) is 2. The number of fused-ring (bicyclic) bond motifs is 1. The van der Waals surface area contributed by atoms with Gasteiger partial charge in [0.2, 0.25) is 0 Å². The molecule has 1 aliphatic heterocycles. The van der Waals surface area contributed by atoms with Gasteiger partial charge in [-0.3, -0.25) is 4.99 Å². The Bertz CT molecular complexity index is 984. The molecule has 0 fully saturated rings. The van der Waals surface area contributed by atoms with Gasteiger partial charge in [0.15, 0.2) is 10.3 Å². The molecule has 4 nitrogen and oxygen atoms in total. The number of hydrogen-bond acceptors (Lipinski definition) is 6. The lowest BCUT2D eigenvalue weighted by Gasteiger charge is -2.07. The normalized spacial score (nSPS) is 16.2. The van der Waals surface area contributed by atoms with Crippen LogP contribution in [0.5, 0.6) is 0 Å². The smallest absolute Gasteiger partial charge is 0.183 e. The van der Waals surface area contributed by atoms with Crippen molar-refractivity contribution in [2.24, 2.45) is 4.99 Å². The maximum absolute atomic E-state index is 6.05. The minimum absolute atomic E-state index is 0.478. The van der Waals surface area contributed by atoms with Crippen molar-refractivity contribution in [3.05, 3.63) is 53.1 Å². The van der Waals surface area contributed by atoms with Gasteiger partial charge >= 0.3 is 0 Å². The summed E-state index contributed by atoms with van der Waals surface area (Å²) in [6.07, 6.45) is 4.65. The van der Waals surface area contributed by atoms with Crippen LogP contribution in [0.4, 0.5) is 10.8 Å². The Morgan fingerprint density at radius 2 is 2.03 bits per heavy atom. The molecule has 152 valence electrons. The molecule has 29 heavy (non-hydrogen) atoms. The van der Waals surface area contributed by atoms with Crippen LogP contribution in [-0.2, 0) is 6.42 Å². The Kier molecular flexibility index (Phi) is 6.95. The highest BCUT2D eigenvalue weighted by atomic mass is 35.5. The van der Waals surface area contributed by atoms with Gasteiger partial charge in [0.25, 0.3) is 0 Å². The molecule has 1 aliphatic rings. The van der Waals surface area contributed by atoms with Gasteiger partial charge in [-0.05, 0) is 48.7 Å². The fourth-order valence-electron chi connectivity index (χ4n) is 3.24. The number of thiazole rings is 1. The highest BCUT2D eigenvalue weighted by molar-refractivity contribution is 8.14. The molecule has 0 amide bonds. The number of hydrogen-bond donors (Lipinski definition) is 2. The van der Waals surface area contributed by atoms with Crippen molar-refractivity contribution >= 4 is 60.9 Å². The predicted molar refractivity (Wildman–Crippen MR) is 130 cm³/mol.